The lowest BCUT2D eigenvalue weighted by atomic mass is 9.95. The van der Waals surface area contributed by atoms with E-state index in [2.05, 4.69) is 10.2 Å². The number of carbonyl (C=O) groups excluding carboxylic acids is 2. The van der Waals surface area contributed by atoms with Gasteiger partial charge in [-0.2, -0.15) is 0 Å². The van der Waals surface area contributed by atoms with Crippen LogP contribution in [0.2, 0.25) is 10.0 Å². The molecule has 1 aliphatic rings. The van der Waals surface area contributed by atoms with Gasteiger partial charge in [0.15, 0.2) is 15.8 Å². The van der Waals surface area contributed by atoms with Crippen LogP contribution in [0.15, 0.2) is 70.6 Å². The highest BCUT2D eigenvalue weighted by Crippen LogP contribution is 2.46. The van der Waals surface area contributed by atoms with E-state index < -0.39 is 17.7 Å². The van der Waals surface area contributed by atoms with Crippen molar-refractivity contribution in [2.75, 3.05) is 25.2 Å². The van der Waals surface area contributed by atoms with Crippen LogP contribution in [0.1, 0.15) is 36.6 Å². The molecular weight excluding hydrogens is 645 g/mol. The van der Waals surface area contributed by atoms with E-state index in [0.29, 0.717) is 61.7 Å². The van der Waals surface area contributed by atoms with Crippen molar-refractivity contribution in [2.24, 2.45) is 0 Å². The van der Waals surface area contributed by atoms with Gasteiger partial charge in [-0.15, -0.1) is 10.2 Å². The van der Waals surface area contributed by atoms with Crippen molar-refractivity contribution in [2.45, 2.75) is 30.0 Å². The summed E-state index contributed by atoms with van der Waals surface area (Å²) in [5.41, 5.74) is 1.63. The minimum Gasteiger partial charge on any atom is -0.507 e. The Bertz CT molecular complexity index is 1730. The Morgan fingerprint density at radius 2 is 1.70 bits per heavy atom. The van der Waals surface area contributed by atoms with Crippen LogP contribution in [0, 0.1) is 0 Å². The molecule has 1 fully saturated rings. The van der Waals surface area contributed by atoms with Crippen molar-refractivity contribution < 1.29 is 28.9 Å². The monoisotopic (exact) mass is 671 g/mol. The van der Waals surface area contributed by atoms with Gasteiger partial charge >= 0.3 is 5.91 Å². The van der Waals surface area contributed by atoms with E-state index >= 15 is 0 Å². The van der Waals surface area contributed by atoms with Crippen LogP contribution >= 0.6 is 46.3 Å². The molecular formula is C31H27Cl2N3O6S2. The number of hydrogen-bond donors (Lipinski definition) is 1. The molecule has 44 heavy (non-hydrogen) atoms. The third-order valence-electron chi connectivity index (χ3n) is 6.66. The van der Waals surface area contributed by atoms with E-state index in [-0.39, 0.29) is 16.5 Å². The van der Waals surface area contributed by atoms with Gasteiger partial charge < -0.3 is 19.3 Å². The Hall–Kier alpha value is -3.77. The first kappa shape index (κ1) is 31.6. The number of rotatable bonds is 11. The molecule has 1 aromatic heterocycles. The second-order valence-corrected chi connectivity index (χ2v) is 12.4. The molecule has 0 bridgehead atoms. The van der Waals surface area contributed by atoms with Gasteiger partial charge in [-0.25, -0.2) is 0 Å². The molecule has 1 unspecified atom stereocenters. The number of halogens is 2. The number of ether oxygens (including phenoxy) is 3. The number of benzene rings is 3. The number of aliphatic hydroxyl groups excluding tert-OH is 1. The predicted molar refractivity (Wildman–Crippen MR) is 172 cm³/mol. The molecule has 2 heterocycles. The Kier molecular flexibility index (Phi) is 10.00. The van der Waals surface area contributed by atoms with Crippen LogP contribution < -0.4 is 19.1 Å². The predicted octanol–water partition coefficient (Wildman–Crippen LogP) is 7.57. The highest BCUT2D eigenvalue weighted by Gasteiger charge is 2.48. The number of aliphatic hydroxyl groups is 1. The first-order valence-electron chi connectivity index (χ1n) is 13.5. The van der Waals surface area contributed by atoms with Crippen molar-refractivity contribution in [3.63, 3.8) is 0 Å². The fraction of sp³-hybridized carbons (Fsp3) is 0.226. The van der Waals surface area contributed by atoms with Crippen LogP contribution in [-0.4, -0.2) is 47.3 Å². The quantitative estimate of drug-likeness (QED) is 0.0567. The van der Waals surface area contributed by atoms with E-state index in [9.17, 15) is 14.7 Å². The number of nitrogens with zero attached hydrogens (tertiary/aromatic N) is 3. The molecule has 0 aliphatic carbocycles. The molecule has 13 heteroatoms. The molecule has 3 aromatic carbocycles. The molecule has 1 atom stereocenters. The second-order valence-electron chi connectivity index (χ2n) is 9.34. The highest BCUT2D eigenvalue weighted by molar-refractivity contribution is 8.00. The van der Waals surface area contributed by atoms with Crippen LogP contribution in [-0.2, 0) is 15.3 Å². The number of ketones is 1. The normalized spacial score (nSPS) is 15.9. The summed E-state index contributed by atoms with van der Waals surface area (Å²) in [4.78, 5) is 28.5. The van der Waals surface area contributed by atoms with Crippen molar-refractivity contribution in [3.8, 4) is 17.2 Å². The van der Waals surface area contributed by atoms with Gasteiger partial charge in [0.1, 0.15) is 11.5 Å². The third kappa shape index (κ3) is 6.51. The van der Waals surface area contributed by atoms with Crippen LogP contribution in [0.3, 0.4) is 0 Å². The minimum atomic E-state index is -1.02. The number of methoxy groups -OCH3 is 1. The Balaban J connectivity index is 1.57. The largest absolute Gasteiger partial charge is 0.507 e. The molecule has 0 radical (unpaired) electrons. The van der Waals surface area contributed by atoms with E-state index in [1.807, 2.05) is 19.9 Å². The first-order chi connectivity index (χ1) is 21.2. The number of amides is 1. The number of thioether (sulfide) groups is 1. The SMILES string of the molecule is CCOc1ccc(C2/C(=C(\O)c3ccc(OC)cc3)C(=O)C(=O)N2c2nnc(SCc3ccc(Cl)cc3Cl)s2)cc1OCC. The van der Waals surface area contributed by atoms with Crippen molar-refractivity contribution >= 4 is 68.9 Å². The van der Waals surface area contributed by atoms with Gasteiger partial charge in [-0.3, -0.25) is 14.5 Å². The fourth-order valence-electron chi connectivity index (χ4n) is 4.62. The molecule has 5 rings (SSSR count). The fourth-order valence-corrected chi connectivity index (χ4v) is 7.05. The van der Waals surface area contributed by atoms with Gasteiger partial charge in [0.25, 0.3) is 5.78 Å². The number of carbonyl (C=O) groups is 2. The zero-order valence-electron chi connectivity index (χ0n) is 23.9. The molecule has 228 valence electrons. The number of anilines is 1. The summed E-state index contributed by atoms with van der Waals surface area (Å²) in [7, 11) is 1.53. The van der Waals surface area contributed by atoms with E-state index in [4.69, 9.17) is 37.4 Å². The molecule has 1 aliphatic heterocycles. The summed E-state index contributed by atoms with van der Waals surface area (Å²) in [6.07, 6.45) is 0. The number of Topliss-reactive ketones (excluding diaryl/α,β-unsaturated/α-hetero) is 1. The first-order valence-corrected chi connectivity index (χ1v) is 16.1. The van der Waals surface area contributed by atoms with Crippen molar-refractivity contribution in [1.29, 1.82) is 0 Å². The Morgan fingerprint density at radius 3 is 2.39 bits per heavy atom. The molecule has 1 amide bonds. The van der Waals surface area contributed by atoms with Gasteiger partial charge in [-0.1, -0.05) is 58.4 Å². The van der Waals surface area contributed by atoms with Gasteiger partial charge in [0.2, 0.25) is 5.13 Å². The molecule has 4 aromatic rings. The lowest BCUT2D eigenvalue weighted by molar-refractivity contribution is -0.132. The number of hydrogen-bond acceptors (Lipinski definition) is 10. The molecule has 1 saturated heterocycles. The summed E-state index contributed by atoms with van der Waals surface area (Å²) in [5.74, 6) is -0.0122. The molecule has 0 spiro atoms. The summed E-state index contributed by atoms with van der Waals surface area (Å²) < 4.78 is 17.3. The zero-order valence-corrected chi connectivity index (χ0v) is 27.0. The maximum atomic E-state index is 13.6. The van der Waals surface area contributed by atoms with Gasteiger partial charge in [-0.05, 0) is 73.5 Å². The second kappa shape index (κ2) is 13.9. The van der Waals surface area contributed by atoms with Crippen LogP contribution in [0.5, 0.6) is 17.2 Å². The summed E-state index contributed by atoms with van der Waals surface area (Å²) in [5, 5.41) is 21.3. The molecule has 1 N–H and O–H groups in total. The topological polar surface area (TPSA) is 111 Å². The smallest absolute Gasteiger partial charge is 0.301 e. The molecule has 9 nitrogen and oxygen atoms in total. The Morgan fingerprint density at radius 1 is 0.977 bits per heavy atom. The van der Waals surface area contributed by atoms with Crippen molar-refractivity contribution in [3.05, 3.63) is 93.0 Å². The third-order valence-corrected chi connectivity index (χ3v) is 9.35. The van der Waals surface area contributed by atoms with E-state index in [1.165, 1.54) is 23.8 Å². The summed E-state index contributed by atoms with van der Waals surface area (Å²) in [6.45, 7) is 4.49. The average Bonchev–Trinajstić information content (AvgIpc) is 3.59. The van der Waals surface area contributed by atoms with Crippen molar-refractivity contribution in [1.82, 2.24) is 10.2 Å². The standard InChI is InChI=1S/C31H27Cl2N3O6S2/c1-4-41-23-13-9-18(14-24(23)42-5-2)26-25(27(37)17-7-11-21(40-3)12-8-17)28(38)29(39)36(26)30-34-35-31(44-30)43-16-19-6-10-20(32)15-22(19)33/h6-15,26,37H,4-5,16H2,1-3H3/b27-25+. The minimum absolute atomic E-state index is 0.0934. The van der Waals surface area contributed by atoms with Crippen LogP contribution in [0.4, 0.5) is 5.13 Å². The lowest BCUT2D eigenvalue weighted by Crippen LogP contribution is -2.29. The highest BCUT2D eigenvalue weighted by atomic mass is 35.5. The molecule has 0 saturated carbocycles. The maximum absolute atomic E-state index is 13.6. The lowest BCUT2D eigenvalue weighted by Gasteiger charge is -2.23. The number of aromatic nitrogens is 2. The summed E-state index contributed by atoms with van der Waals surface area (Å²) in [6, 6.07) is 15.9. The van der Waals surface area contributed by atoms with E-state index in [1.54, 1.807) is 54.6 Å². The zero-order chi connectivity index (χ0) is 31.4. The average molecular weight is 673 g/mol. The van der Waals surface area contributed by atoms with Crippen LogP contribution in [0.25, 0.3) is 5.76 Å². The van der Waals surface area contributed by atoms with E-state index in [0.717, 1.165) is 16.9 Å². The Labute approximate surface area is 272 Å². The van der Waals surface area contributed by atoms with Gasteiger partial charge in [0, 0.05) is 21.4 Å². The summed E-state index contributed by atoms with van der Waals surface area (Å²) >= 11 is 14.9. The maximum Gasteiger partial charge on any atom is 0.301 e. The van der Waals surface area contributed by atoms with Gasteiger partial charge in [0.05, 0.1) is 31.9 Å².